The minimum Gasteiger partial charge on any atom is -0.198 e. The number of rotatable bonds is 1. The summed E-state index contributed by atoms with van der Waals surface area (Å²) in [6.45, 7) is 0. The largest absolute Gasteiger partial charge is 0.233 e. The van der Waals surface area contributed by atoms with E-state index in [1.165, 1.54) is 68.4 Å². The van der Waals surface area contributed by atoms with Crippen LogP contribution in [0.1, 0.15) is 83.5 Å². The molecule has 1 fully saturated rings. The lowest BCUT2D eigenvalue weighted by molar-refractivity contribution is -0.0752. The Morgan fingerprint density at radius 3 is 1.67 bits per heavy atom. The molecule has 0 radical (unpaired) electrons. The van der Waals surface area contributed by atoms with Crippen LogP contribution in [0.2, 0.25) is 0 Å². The van der Waals surface area contributed by atoms with Gasteiger partial charge in [0.25, 0.3) is 0 Å². The van der Waals surface area contributed by atoms with Crippen LogP contribution in [0, 0.1) is 0 Å². The summed E-state index contributed by atoms with van der Waals surface area (Å²) < 4.78 is 0. The summed E-state index contributed by atoms with van der Waals surface area (Å²) in [5, 5.41) is 1.49. The third-order valence-electron chi connectivity index (χ3n) is 4.62. The van der Waals surface area contributed by atoms with Gasteiger partial charge in [-0.15, -0.1) is 0 Å². The molecule has 0 atom stereocenters. The third kappa shape index (κ3) is 6.36. The van der Waals surface area contributed by atoms with Gasteiger partial charge in [-0.05, 0) is 54.5 Å². The van der Waals surface area contributed by atoms with Crippen LogP contribution < -0.4 is 5.90 Å². The van der Waals surface area contributed by atoms with Crippen molar-refractivity contribution in [2.45, 2.75) is 83.5 Å². The summed E-state index contributed by atoms with van der Waals surface area (Å²) in [5.74, 6) is 5.97. The van der Waals surface area contributed by atoms with E-state index in [0.717, 1.165) is 25.7 Å². The molecule has 2 N–H and O–H groups in total. The molecule has 1 saturated carbocycles. The third-order valence-corrected chi connectivity index (χ3v) is 5.03. The molecular weight excluding hydrogens is 347 g/mol. The molecule has 1 heterocycles. The molecular formula is C17H28Cl2N4O. The molecule has 1 aliphatic carbocycles. The van der Waals surface area contributed by atoms with Crippen molar-refractivity contribution in [3.63, 3.8) is 0 Å². The fraction of sp³-hybridized carbons (Fsp3) is 0.765. The average molecular weight is 375 g/mol. The van der Waals surface area contributed by atoms with Crippen molar-refractivity contribution in [2.75, 3.05) is 0 Å². The summed E-state index contributed by atoms with van der Waals surface area (Å²) in [4.78, 5) is 13.1. The van der Waals surface area contributed by atoms with E-state index < -0.39 is 0 Å². The summed E-state index contributed by atoms with van der Waals surface area (Å²) >= 11 is 12.1. The first kappa shape index (κ1) is 19.7. The maximum atomic E-state index is 6.08. The highest BCUT2D eigenvalue weighted by Gasteiger charge is 2.24. The number of hydrogen-bond acceptors (Lipinski definition) is 5. The molecule has 7 heteroatoms. The van der Waals surface area contributed by atoms with Crippen LogP contribution in [0.25, 0.3) is 0 Å². The van der Waals surface area contributed by atoms with Crippen LogP contribution in [0.3, 0.4) is 0 Å². The van der Waals surface area contributed by atoms with E-state index >= 15 is 0 Å². The van der Waals surface area contributed by atoms with Crippen LogP contribution in [0.5, 0.6) is 0 Å². The molecule has 0 spiro atoms. The van der Waals surface area contributed by atoms with Crippen molar-refractivity contribution < 1.29 is 4.94 Å². The Bertz CT molecular complexity index is 475. The van der Waals surface area contributed by atoms with Crippen molar-refractivity contribution in [1.29, 1.82) is 0 Å². The first-order valence-corrected chi connectivity index (χ1v) is 9.85. The van der Waals surface area contributed by atoms with Gasteiger partial charge in [0.15, 0.2) is 5.82 Å². The SMILES string of the molecule is NON1C(Cl)=NC(Cl)=NC1=C1CCCCCCCCCCCCC1. The molecule has 2 aliphatic rings. The average Bonchev–Trinajstić information content (AvgIpc) is 2.56. The normalized spacial score (nSPS) is 22.7. The molecule has 0 unspecified atom stereocenters. The van der Waals surface area contributed by atoms with Crippen LogP contribution in [-0.2, 0) is 4.94 Å². The number of nitrogens with two attached hydrogens (primary N) is 1. The highest BCUT2D eigenvalue weighted by atomic mass is 35.5. The zero-order chi connectivity index (χ0) is 17.2. The fourth-order valence-corrected chi connectivity index (χ4v) is 3.70. The van der Waals surface area contributed by atoms with E-state index in [-0.39, 0.29) is 10.6 Å². The predicted molar refractivity (Wildman–Crippen MR) is 101 cm³/mol. The van der Waals surface area contributed by atoms with Gasteiger partial charge >= 0.3 is 0 Å². The maximum Gasteiger partial charge on any atom is 0.233 e. The van der Waals surface area contributed by atoms with Gasteiger partial charge in [-0.1, -0.05) is 57.8 Å². The van der Waals surface area contributed by atoms with E-state index in [1.807, 2.05) is 0 Å². The van der Waals surface area contributed by atoms with E-state index in [4.69, 9.17) is 34.0 Å². The second-order valence-corrected chi connectivity index (χ2v) is 7.15. The Balaban J connectivity index is 2.10. The molecule has 5 nitrogen and oxygen atoms in total. The second-order valence-electron chi connectivity index (χ2n) is 6.48. The predicted octanol–water partition coefficient (Wildman–Crippen LogP) is 5.59. The number of allylic oxidation sites excluding steroid dienone is 1. The number of hydroxylamine groups is 2. The van der Waals surface area contributed by atoms with Gasteiger partial charge in [-0.2, -0.15) is 25.9 Å². The van der Waals surface area contributed by atoms with Crippen LogP contribution >= 0.6 is 23.2 Å². The number of halogens is 2. The molecule has 0 aromatic heterocycles. The van der Waals surface area contributed by atoms with Gasteiger partial charge in [-0.25, -0.2) is 0 Å². The lowest BCUT2D eigenvalue weighted by Gasteiger charge is -2.24. The van der Waals surface area contributed by atoms with E-state index in [0.29, 0.717) is 5.82 Å². The first-order valence-electron chi connectivity index (χ1n) is 9.09. The maximum absolute atomic E-state index is 6.08. The summed E-state index contributed by atoms with van der Waals surface area (Å²) in [6.07, 6.45) is 16.1. The summed E-state index contributed by atoms with van der Waals surface area (Å²) in [5.41, 5.74) is 1.20. The van der Waals surface area contributed by atoms with Crippen LogP contribution in [0.15, 0.2) is 21.4 Å². The van der Waals surface area contributed by atoms with Gasteiger partial charge in [0, 0.05) is 0 Å². The molecule has 2 rings (SSSR count). The van der Waals surface area contributed by atoms with E-state index in [9.17, 15) is 0 Å². The Kier molecular flexibility index (Phi) is 9.10. The molecule has 0 bridgehead atoms. The van der Waals surface area contributed by atoms with Crippen molar-refractivity contribution in [3.8, 4) is 0 Å². The fourth-order valence-electron chi connectivity index (χ4n) is 3.30. The first-order chi connectivity index (χ1) is 11.7. The summed E-state index contributed by atoms with van der Waals surface area (Å²) in [7, 11) is 0. The van der Waals surface area contributed by atoms with Gasteiger partial charge in [0.2, 0.25) is 10.6 Å². The van der Waals surface area contributed by atoms with Gasteiger partial charge in [0.05, 0.1) is 0 Å². The van der Waals surface area contributed by atoms with Crippen molar-refractivity contribution in [1.82, 2.24) is 5.06 Å². The molecule has 0 aromatic rings. The molecule has 0 saturated heterocycles. The number of hydrogen-bond donors (Lipinski definition) is 1. The lowest BCUT2D eigenvalue weighted by Crippen LogP contribution is -2.33. The van der Waals surface area contributed by atoms with Crippen molar-refractivity contribution >= 4 is 33.8 Å². The summed E-state index contributed by atoms with van der Waals surface area (Å²) in [6, 6.07) is 0. The van der Waals surface area contributed by atoms with Crippen molar-refractivity contribution in [2.24, 2.45) is 15.9 Å². The molecule has 1 aliphatic heterocycles. The zero-order valence-electron chi connectivity index (χ0n) is 14.3. The molecule has 0 aromatic carbocycles. The van der Waals surface area contributed by atoms with Gasteiger partial charge in [0.1, 0.15) is 0 Å². The minimum absolute atomic E-state index is 0.0967. The molecule has 24 heavy (non-hydrogen) atoms. The van der Waals surface area contributed by atoms with E-state index in [1.54, 1.807) is 0 Å². The molecule has 0 amide bonds. The Labute approximate surface area is 154 Å². The highest BCUT2D eigenvalue weighted by molar-refractivity contribution is 6.71. The quantitative estimate of drug-likeness (QED) is 0.480. The minimum atomic E-state index is 0.0967. The number of amidine groups is 2. The Hall–Kier alpha value is -0.620. The Morgan fingerprint density at radius 2 is 1.21 bits per heavy atom. The van der Waals surface area contributed by atoms with Gasteiger partial charge in [-0.3, -0.25) is 0 Å². The lowest BCUT2D eigenvalue weighted by atomic mass is 9.97. The monoisotopic (exact) mass is 374 g/mol. The topological polar surface area (TPSA) is 63.2 Å². The number of nitrogens with zero attached hydrogens (tertiary/aromatic N) is 3. The van der Waals surface area contributed by atoms with Crippen LogP contribution in [0.4, 0.5) is 0 Å². The van der Waals surface area contributed by atoms with E-state index in [2.05, 4.69) is 9.98 Å². The zero-order valence-corrected chi connectivity index (χ0v) is 15.8. The number of aliphatic imine (C=N–C) groups is 2. The molecule has 136 valence electrons. The van der Waals surface area contributed by atoms with Crippen LogP contribution in [-0.4, -0.2) is 15.7 Å². The second kappa shape index (κ2) is 11.1. The van der Waals surface area contributed by atoms with Crippen molar-refractivity contribution in [3.05, 3.63) is 11.4 Å². The highest BCUT2D eigenvalue weighted by Crippen LogP contribution is 2.28. The Morgan fingerprint density at radius 1 is 0.750 bits per heavy atom. The van der Waals surface area contributed by atoms with Gasteiger partial charge < -0.3 is 0 Å². The smallest absolute Gasteiger partial charge is 0.198 e. The standard InChI is InChI=1S/C17H28Cl2N4O/c18-16-21-15(23(24-20)17(19)22-16)14-12-10-8-6-4-2-1-3-5-7-9-11-13-14/h1-13,20H2.